The van der Waals surface area contributed by atoms with Crippen molar-refractivity contribution < 1.29 is 9.53 Å². The van der Waals surface area contributed by atoms with Gasteiger partial charge in [-0.2, -0.15) is 0 Å². The molecule has 1 N–H and O–H groups in total. The average Bonchev–Trinajstić information content (AvgIpc) is 2.95. The van der Waals surface area contributed by atoms with Gasteiger partial charge in [0.15, 0.2) is 0 Å². The maximum atomic E-state index is 12.3. The minimum absolute atomic E-state index is 0.0779. The van der Waals surface area contributed by atoms with Crippen LogP contribution in [0.4, 0.5) is 5.69 Å². The number of fused-ring (bicyclic) bond motifs is 1. The van der Waals surface area contributed by atoms with Gasteiger partial charge >= 0.3 is 0 Å². The van der Waals surface area contributed by atoms with Crippen molar-refractivity contribution in [1.82, 2.24) is 0 Å². The Morgan fingerprint density at radius 1 is 1.14 bits per heavy atom. The molecule has 1 amide bonds. The molecule has 0 atom stereocenters. The molecule has 3 heteroatoms. The van der Waals surface area contributed by atoms with Crippen LogP contribution in [0.3, 0.4) is 0 Å². The quantitative estimate of drug-likeness (QED) is 0.930. The van der Waals surface area contributed by atoms with E-state index in [-0.39, 0.29) is 5.91 Å². The van der Waals surface area contributed by atoms with Gasteiger partial charge in [-0.15, -0.1) is 0 Å². The molecule has 0 aromatic heterocycles. The topological polar surface area (TPSA) is 38.3 Å². The van der Waals surface area contributed by atoms with Crippen molar-refractivity contribution in [2.75, 3.05) is 12.4 Å². The van der Waals surface area contributed by atoms with Crippen LogP contribution in [-0.2, 0) is 24.2 Å². The van der Waals surface area contributed by atoms with Gasteiger partial charge in [-0.3, -0.25) is 4.79 Å². The minimum Gasteiger partial charge on any atom is -0.380 e. The van der Waals surface area contributed by atoms with Crippen LogP contribution >= 0.6 is 0 Å². The molecule has 2 aromatic rings. The molecule has 1 aliphatic rings. The zero-order valence-corrected chi connectivity index (χ0v) is 12.2. The summed E-state index contributed by atoms with van der Waals surface area (Å²) in [5.41, 5.74) is 5.30. The van der Waals surface area contributed by atoms with Gasteiger partial charge in [0.25, 0.3) is 5.91 Å². The molecule has 0 radical (unpaired) electrons. The number of carbonyl (C=O) groups is 1. The summed E-state index contributed by atoms with van der Waals surface area (Å²) in [5.74, 6) is -0.0779. The number of nitrogens with one attached hydrogen (secondary N) is 1. The summed E-state index contributed by atoms with van der Waals surface area (Å²) in [7, 11) is 1.65. The molecule has 0 heterocycles. The standard InChI is InChI=1S/C18H19NO2/c1-21-12-13-4-2-7-16(10-13)18(20)19-17-9-8-14-5-3-6-15(14)11-17/h2,4,7-11H,3,5-6,12H2,1H3,(H,19,20). The third-order valence-corrected chi connectivity index (χ3v) is 3.86. The fourth-order valence-electron chi connectivity index (χ4n) is 2.82. The van der Waals surface area contributed by atoms with Crippen LogP contribution in [-0.4, -0.2) is 13.0 Å². The fraction of sp³-hybridized carbons (Fsp3) is 0.278. The first-order valence-corrected chi connectivity index (χ1v) is 7.27. The van der Waals surface area contributed by atoms with E-state index in [1.807, 2.05) is 30.3 Å². The molecule has 21 heavy (non-hydrogen) atoms. The minimum atomic E-state index is -0.0779. The molecule has 108 valence electrons. The average molecular weight is 281 g/mol. The molecular formula is C18H19NO2. The third kappa shape index (κ3) is 3.14. The van der Waals surface area contributed by atoms with Gasteiger partial charge in [-0.25, -0.2) is 0 Å². The van der Waals surface area contributed by atoms with Gasteiger partial charge in [0.2, 0.25) is 0 Å². The lowest BCUT2D eigenvalue weighted by atomic mass is 10.1. The first-order chi connectivity index (χ1) is 10.3. The monoisotopic (exact) mass is 281 g/mol. The highest BCUT2D eigenvalue weighted by Crippen LogP contribution is 2.25. The second kappa shape index (κ2) is 6.10. The molecule has 2 aromatic carbocycles. The second-order valence-electron chi connectivity index (χ2n) is 5.42. The number of aryl methyl sites for hydroxylation is 2. The Hall–Kier alpha value is -2.13. The van der Waals surface area contributed by atoms with Crippen LogP contribution in [0.1, 0.15) is 33.5 Å². The Morgan fingerprint density at radius 2 is 2.00 bits per heavy atom. The van der Waals surface area contributed by atoms with Crippen LogP contribution in [0.5, 0.6) is 0 Å². The Bertz CT molecular complexity index is 664. The molecule has 0 saturated carbocycles. The maximum Gasteiger partial charge on any atom is 0.255 e. The van der Waals surface area contributed by atoms with E-state index in [0.717, 1.165) is 24.1 Å². The number of carbonyl (C=O) groups excluding carboxylic acids is 1. The van der Waals surface area contributed by atoms with Crippen LogP contribution in [0.15, 0.2) is 42.5 Å². The highest BCUT2D eigenvalue weighted by atomic mass is 16.5. The van der Waals surface area contributed by atoms with Crippen molar-refractivity contribution >= 4 is 11.6 Å². The summed E-state index contributed by atoms with van der Waals surface area (Å²) in [6, 6.07) is 13.7. The summed E-state index contributed by atoms with van der Waals surface area (Å²) in [5, 5.41) is 2.98. The Morgan fingerprint density at radius 3 is 2.86 bits per heavy atom. The van der Waals surface area contributed by atoms with Gasteiger partial charge in [0, 0.05) is 18.4 Å². The van der Waals surface area contributed by atoms with E-state index >= 15 is 0 Å². The molecule has 1 aliphatic carbocycles. The number of ether oxygens (including phenoxy) is 1. The maximum absolute atomic E-state index is 12.3. The zero-order chi connectivity index (χ0) is 14.7. The Kier molecular flexibility index (Phi) is 4.02. The molecule has 0 aliphatic heterocycles. The smallest absolute Gasteiger partial charge is 0.255 e. The largest absolute Gasteiger partial charge is 0.380 e. The fourth-order valence-corrected chi connectivity index (χ4v) is 2.82. The summed E-state index contributed by atoms with van der Waals surface area (Å²) in [6.07, 6.45) is 3.48. The molecule has 3 rings (SSSR count). The van der Waals surface area contributed by atoms with E-state index in [1.165, 1.54) is 17.5 Å². The van der Waals surface area contributed by atoms with Crippen molar-refractivity contribution in [3.63, 3.8) is 0 Å². The normalized spacial score (nSPS) is 13.0. The lowest BCUT2D eigenvalue weighted by Crippen LogP contribution is -2.12. The van der Waals surface area contributed by atoms with E-state index in [0.29, 0.717) is 12.2 Å². The highest BCUT2D eigenvalue weighted by molar-refractivity contribution is 6.04. The summed E-state index contributed by atoms with van der Waals surface area (Å²) < 4.78 is 5.10. The van der Waals surface area contributed by atoms with Crippen molar-refractivity contribution in [1.29, 1.82) is 0 Å². The number of hydrogen-bond acceptors (Lipinski definition) is 2. The Labute approximate surface area is 124 Å². The van der Waals surface area contributed by atoms with E-state index in [4.69, 9.17) is 4.74 Å². The van der Waals surface area contributed by atoms with Gasteiger partial charge < -0.3 is 10.1 Å². The summed E-state index contributed by atoms with van der Waals surface area (Å²) >= 11 is 0. The van der Waals surface area contributed by atoms with Gasteiger partial charge in [0.05, 0.1) is 6.61 Å². The van der Waals surface area contributed by atoms with Crippen molar-refractivity contribution in [3.05, 3.63) is 64.7 Å². The van der Waals surface area contributed by atoms with E-state index in [1.54, 1.807) is 7.11 Å². The number of methoxy groups -OCH3 is 1. The van der Waals surface area contributed by atoms with Crippen LogP contribution in [0.2, 0.25) is 0 Å². The van der Waals surface area contributed by atoms with Crippen molar-refractivity contribution in [2.45, 2.75) is 25.9 Å². The number of benzene rings is 2. The SMILES string of the molecule is COCc1cccc(C(=O)Nc2ccc3c(c2)CCC3)c1. The zero-order valence-electron chi connectivity index (χ0n) is 12.2. The van der Waals surface area contributed by atoms with E-state index in [9.17, 15) is 4.79 Å². The molecule has 0 saturated heterocycles. The van der Waals surface area contributed by atoms with Crippen LogP contribution < -0.4 is 5.32 Å². The third-order valence-electron chi connectivity index (χ3n) is 3.86. The molecule has 3 nitrogen and oxygen atoms in total. The molecule has 0 bridgehead atoms. The first-order valence-electron chi connectivity index (χ1n) is 7.27. The van der Waals surface area contributed by atoms with Gasteiger partial charge in [0.1, 0.15) is 0 Å². The summed E-state index contributed by atoms with van der Waals surface area (Å²) in [4.78, 5) is 12.3. The number of amides is 1. The second-order valence-corrected chi connectivity index (χ2v) is 5.42. The van der Waals surface area contributed by atoms with Crippen molar-refractivity contribution in [3.8, 4) is 0 Å². The lowest BCUT2D eigenvalue weighted by molar-refractivity contribution is 0.102. The number of hydrogen-bond donors (Lipinski definition) is 1. The number of rotatable bonds is 4. The van der Waals surface area contributed by atoms with Crippen molar-refractivity contribution in [2.24, 2.45) is 0 Å². The molecular weight excluding hydrogens is 262 g/mol. The first kappa shape index (κ1) is 13.8. The highest BCUT2D eigenvalue weighted by Gasteiger charge is 2.12. The molecule has 0 fully saturated rings. The van der Waals surface area contributed by atoms with E-state index < -0.39 is 0 Å². The Balaban J connectivity index is 1.75. The van der Waals surface area contributed by atoms with E-state index in [2.05, 4.69) is 17.4 Å². The predicted octanol–water partition coefficient (Wildman–Crippen LogP) is 3.57. The molecule has 0 unspecified atom stereocenters. The predicted molar refractivity (Wildman–Crippen MR) is 83.6 cm³/mol. The lowest BCUT2D eigenvalue weighted by Gasteiger charge is -2.08. The molecule has 0 spiro atoms. The van der Waals surface area contributed by atoms with Crippen LogP contribution in [0.25, 0.3) is 0 Å². The summed E-state index contributed by atoms with van der Waals surface area (Å²) in [6.45, 7) is 0.514. The van der Waals surface area contributed by atoms with Crippen LogP contribution in [0, 0.1) is 0 Å². The van der Waals surface area contributed by atoms with Gasteiger partial charge in [-0.05, 0) is 60.2 Å². The van der Waals surface area contributed by atoms with Gasteiger partial charge in [-0.1, -0.05) is 18.2 Å². The number of anilines is 1.